The van der Waals surface area contributed by atoms with Crippen molar-refractivity contribution in [3.8, 4) is 0 Å². The highest BCUT2D eigenvalue weighted by Crippen LogP contribution is 2.26. The van der Waals surface area contributed by atoms with Gasteiger partial charge in [-0.15, -0.1) is 0 Å². The molecular weight excluding hydrogens is 290 g/mol. The van der Waals surface area contributed by atoms with Crippen molar-refractivity contribution in [1.29, 1.82) is 0 Å². The van der Waals surface area contributed by atoms with Gasteiger partial charge in [0.05, 0.1) is 12.7 Å². The number of nitrogens with one attached hydrogen (secondary N) is 1. The van der Waals surface area contributed by atoms with E-state index in [9.17, 15) is 0 Å². The maximum absolute atomic E-state index is 5.94. The molecule has 2 unspecified atom stereocenters. The van der Waals surface area contributed by atoms with E-state index in [0.29, 0.717) is 0 Å². The third-order valence-corrected chi connectivity index (χ3v) is 5.54. The minimum absolute atomic E-state index is 0.197. The minimum Gasteiger partial charge on any atom is -0.375 e. The van der Waals surface area contributed by atoms with Crippen molar-refractivity contribution in [1.82, 2.24) is 10.2 Å². The molecule has 0 aromatic rings. The van der Waals surface area contributed by atoms with Gasteiger partial charge in [-0.2, -0.15) is 0 Å². The summed E-state index contributed by atoms with van der Waals surface area (Å²) in [5, 5.41) is 3.58. The Kier molecular flexibility index (Phi) is 6.57. The van der Waals surface area contributed by atoms with Crippen molar-refractivity contribution in [2.75, 3.05) is 39.9 Å². The van der Waals surface area contributed by atoms with Gasteiger partial charge in [0.2, 0.25) is 0 Å². The third kappa shape index (κ3) is 4.83. The SMILES string of the molecule is CN=C(NCCC1CCCCC1)N1CCOC(C2CCCO2)C1. The lowest BCUT2D eigenvalue weighted by Gasteiger charge is -2.37. The molecule has 0 spiro atoms. The zero-order valence-corrected chi connectivity index (χ0v) is 14.6. The number of nitrogens with zero attached hydrogens (tertiary/aromatic N) is 2. The van der Waals surface area contributed by atoms with Crippen molar-refractivity contribution in [3.05, 3.63) is 0 Å². The molecule has 5 heteroatoms. The zero-order valence-electron chi connectivity index (χ0n) is 14.6. The Morgan fingerprint density at radius 2 is 1.87 bits per heavy atom. The first-order chi connectivity index (χ1) is 11.4. The van der Waals surface area contributed by atoms with Crippen molar-refractivity contribution < 1.29 is 9.47 Å². The Morgan fingerprint density at radius 1 is 1.04 bits per heavy atom. The molecule has 2 atom stereocenters. The van der Waals surface area contributed by atoms with Crippen LogP contribution in [0.15, 0.2) is 4.99 Å². The molecule has 0 aromatic carbocycles. The second-order valence-corrected chi connectivity index (χ2v) is 7.17. The van der Waals surface area contributed by atoms with Gasteiger partial charge in [-0.3, -0.25) is 4.99 Å². The molecule has 3 fully saturated rings. The van der Waals surface area contributed by atoms with Crippen LogP contribution in [0.3, 0.4) is 0 Å². The lowest BCUT2D eigenvalue weighted by atomic mass is 9.87. The molecule has 132 valence electrons. The normalized spacial score (nSPS) is 30.7. The van der Waals surface area contributed by atoms with Crippen molar-refractivity contribution in [3.63, 3.8) is 0 Å². The van der Waals surface area contributed by atoms with E-state index in [0.717, 1.165) is 51.1 Å². The van der Waals surface area contributed by atoms with E-state index in [1.807, 2.05) is 7.05 Å². The van der Waals surface area contributed by atoms with E-state index in [4.69, 9.17) is 9.47 Å². The van der Waals surface area contributed by atoms with Crippen molar-refractivity contribution >= 4 is 5.96 Å². The van der Waals surface area contributed by atoms with Gasteiger partial charge in [0, 0.05) is 33.3 Å². The molecule has 3 aliphatic rings. The van der Waals surface area contributed by atoms with E-state index in [1.165, 1.54) is 44.9 Å². The first-order valence-corrected chi connectivity index (χ1v) is 9.55. The van der Waals surface area contributed by atoms with Gasteiger partial charge in [0.15, 0.2) is 5.96 Å². The van der Waals surface area contributed by atoms with Crippen LogP contribution in [-0.2, 0) is 9.47 Å². The number of ether oxygens (including phenoxy) is 2. The van der Waals surface area contributed by atoms with Crippen molar-refractivity contribution in [2.45, 2.75) is 63.6 Å². The van der Waals surface area contributed by atoms with Gasteiger partial charge in [-0.05, 0) is 25.2 Å². The van der Waals surface area contributed by atoms with Crippen LogP contribution in [0.5, 0.6) is 0 Å². The Hall–Kier alpha value is -0.810. The predicted molar refractivity (Wildman–Crippen MR) is 92.8 cm³/mol. The fourth-order valence-electron chi connectivity index (χ4n) is 4.18. The van der Waals surface area contributed by atoms with Gasteiger partial charge in [-0.25, -0.2) is 0 Å². The Bertz CT molecular complexity index is 376. The third-order valence-electron chi connectivity index (χ3n) is 5.54. The van der Waals surface area contributed by atoms with Crippen LogP contribution in [0.1, 0.15) is 51.4 Å². The fourth-order valence-corrected chi connectivity index (χ4v) is 4.18. The molecule has 0 aromatic heterocycles. The maximum Gasteiger partial charge on any atom is 0.193 e. The molecule has 2 heterocycles. The molecule has 3 rings (SSSR count). The minimum atomic E-state index is 0.197. The number of rotatable bonds is 4. The Morgan fingerprint density at radius 3 is 2.61 bits per heavy atom. The molecular formula is C18H33N3O2. The summed E-state index contributed by atoms with van der Waals surface area (Å²) in [6.45, 7) is 4.52. The van der Waals surface area contributed by atoms with Gasteiger partial charge < -0.3 is 19.7 Å². The summed E-state index contributed by atoms with van der Waals surface area (Å²) in [6, 6.07) is 0. The highest BCUT2D eigenvalue weighted by atomic mass is 16.5. The van der Waals surface area contributed by atoms with Crippen LogP contribution in [0.4, 0.5) is 0 Å². The van der Waals surface area contributed by atoms with Crippen LogP contribution >= 0.6 is 0 Å². The van der Waals surface area contributed by atoms with Gasteiger partial charge >= 0.3 is 0 Å². The summed E-state index contributed by atoms with van der Waals surface area (Å²) in [6.07, 6.45) is 11.2. The first-order valence-electron chi connectivity index (χ1n) is 9.55. The van der Waals surface area contributed by atoms with Gasteiger partial charge in [0.25, 0.3) is 0 Å². The molecule has 5 nitrogen and oxygen atoms in total. The summed E-state index contributed by atoms with van der Waals surface area (Å²) in [4.78, 5) is 6.83. The largest absolute Gasteiger partial charge is 0.375 e. The summed E-state index contributed by atoms with van der Waals surface area (Å²) >= 11 is 0. The molecule has 0 radical (unpaired) electrons. The van der Waals surface area contributed by atoms with Crippen LogP contribution in [0.25, 0.3) is 0 Å². The lowest BCUT2D eigenvalue weighted by Crippen LogP contribution is -2.53. The van der Waals surface area contributed by atoms with E-state index < -0.39 is 0 Å². The summed E-state index contributed by atoms with van der Waals surface area (Å²) < 4.78 is 11.7. The monoisotopic (exact) mass is 323 g/mol. The number of hydrogen-bond acceptors (Lipinski definition) is 3. The average Bonchev–Trinajstić information content (AvgIpc) is 3.14. The number of morpholine rings is 1. The van der Waals surface area contributed by atoms with E-state index in [1.54, 1.807) is 0 Å². The highest BCUT2D eigenvalue weighted by molar-refractivity contribution is 5.80. The van der Waals surface area contributed by atoms with Crippen molar-refractivity contribution in [2.24, 2.45) is 10.9 Å². The topological polar surface area (TPSA) is 46.1 Å². The second-order valence-electron chi connectivity index (χ2n) is 7.17. The van der Waals surface area contributed by atoms with E-state index >= 15 is 0 Å². The molecule has 1 aliphatic carbocycles. The van der Waals surface area contributed by atoms with E-state index in [-0.39, 0.29) is 12.2 Å². The fraction of sp³-hybridized carbons (Fsp3) is 0.944. The summed E-state index contributed by atoms with van der Waals surface area (Å²) in [7, 11) is 1.89. The Balaban J connectivity index is 1.43. The maximum atomic E-state index is 5.94. The zero-order chi connectivity index (χ0) is 15.9. The quantitative estimate of drug-likeness (QED) is 0.637. The molecule has 2 saturated heterocycles. The standard InChI is InChI=1S/C18H33N3O2/c1-19-18(20-10-9-15-6-3-2-4-7-15)21-11-13-23-17(14-21)16-8-5-12-22-16/h15-17H,2-14H2,1H3,(H,19,20). The first kappa shape index (κ1) is 17.0. The predicted octanol–water partition coefficient (Wildman–Crippen LogP) is 2.41. The summed E-state index contributed by atoms with van der Waals surface area (Å²) in [5.74, 6) is 1.95. The highest BCUT2D eigenvalue weighted by Gasteiger charge is 2.32. The molecule has 1 N–H and O–H groups in total. The van der Waals surface area contributed by atoms with Gasteiger partial charge in [-0.1, -0.05) is 32.1 Å². The van der Waals surface area contributed by atoms with Crippen LogP contribution in [-0.4, -0.2) is 63.0 Å². The van der Waals surface area contributed by atoms with E-state index in [2.05, 4.69) is 15.2 Å². The molecule has 0 bridgehead atoms. The molecule has 0 amide bonds. The summed E-state index contributed by atoms with van der Waals surface area (Å²) in [5.41, 5.74) is 0. The molecule has 23 heavy (non-hydrogen) atoms. The Labute approximate surface area is 140 Å². The average molecular weight is 323 g/mol. The number of guanidine groups is 1. The number of hydrogen-bond donors (Lipinski definition) is 1. The van der Waals surface area contributed by atoms with Crippen LogP contribution < -0.4 is 5.32 Å². The second kappa shape index (κ2) is 8.88. The van der Waals surface area contributed by atoms with Crippen LogP contribution in [0.2, 0.25) is 0 Å². The molecule has 2 aliphatic heterocycles. The lowest BCUT2D eigenvalue weighted by molar-refractivity contribution is -0.0817. The smallest absolute Gasteiger partial charge is 0.193 e. The molecule has 1 saturated carbocycles. The van der Waals surface area contributed by atoms with Gasteiger partial charge in [0.1, 0.15) is 6.10 Å². The number of aliphatic imine (C=N–C) groups is 1. The van der Waals surface area contributed by atoms with Crippen LogP contribution in [0, 0.1) is 5.92 Å².